The Hall–Kier alpha value is -3.69. The number of carbonyl (C=O) groups excluding carboxylic acids is 2. The third-order valence-electron chi connectivity index (χ3n) is 4.15. The van der Waals surface area contributed by atoms with Crippen LogP contribution in [-0.2, 0) is 4.79 Å². The molecular weight excluding hydrogens is 366 g/mol. The number of hydrogen-bond donors (Lipinski definition) is 4. The van der Waals surface area contributed by atoms with Gasteiger partial charge in [-0.3, -0.25) is 9.59 Å². The molecule has 0 saturated heterocycles. The minimum Gasteiger partial charge on any atom is -0.494 e. The van der Waals surface area contributed by atoms with E-state index in [1.165, 1.54) is 32.4 Å². The Balaban J connectivity index is 1.99. The summed E-state index contributed by atoms with van der Waals surface area (Å²) in [6.07, 6.45) is 1.67. The minimum atomic E-state index is -1.16. The second kappa shape index (κ2) is 7.91. The zero-order valence-electron chi connectivity index (χ0n) is 15.3. The fourth-order valence-electron chi connectivity index (χ4n) is 2.58. The van der Waals surface area contributed by atoms with Crippen molar-refractivity contribution in [3.8, 4) is 5.75 Å². The SMILES string of the molecule is CNC(=O)c1nnc(NC(=O)C2CC2)cc1Nc1cccc(C(=O)O)c1OC. The van der Waals surface area contributed by atoms with Crippen LogP contribution in [-0.4, -0.2) is 47.2 Å². The van der Waals surface area contributed by atoms with E-state index in [2.05, 4.69) is 26.1 Å². The van der Waals surface area contributed by atoms with Crippen LogP contribution in [0.2, 0.25) is 0 Å². The molecule has 0 radical (unpaired) electrons. The van der Waals surface area contributed by atoms with Gasteiger partial charge < -0.3 is 25.8 Å². The van der Waals surface area contributed by atoms with Crippen molar-refractivity contribution in [3.63, 3.8) is 0 Å². The van der Waals surface area contributed by atoms with Crippen molar-refractivity contribution in [2.75, 3.05) is 24.8 Å². The Morgan fingerprint density at radius 1 is 1.18 bits per heavy atom. The van der Waals surface area contributed by atoms with Crippen LogP contribution in [0.5, 0.6) is 5.75 Å². The van der Waals surface area contributed by atoms with Gasteiger partial charge in [0.05, 0.1) is 18.5 Å². The topological polar surface area (TPSA) is 143 Å². The lowest BCUT2D eigenvalue weighted by Gasteiger charge is -2.15. The molecular formula is C18H19N5O5. The number of carboxylic acid groups (broad SMARTS) is 1. The Morgan fingerprint density at radius 2 is 1.93 bits per heavy atom. The van der Waals surface area contributed by atoms with E-state index in [9.17, 15) is 19.5 Å². The fourth-order valence-corrected chi connectivity index (χ4v) is 2.58. The maximum Gasteiger partial charge on any atom is 0.339 e. The Kier molecular flexibility index (Phi) is 5.39. The Morgan fingerprint density at radius 3 is 2.54 bits per heavy atom. The van der Waals surface area contributed by atoms with Gasteiger partial charge in [-0.05, 0) is 25.0 Å². The number of aromatic carboxylic acids is 1. The summed E-state index contributed by atoms with van der Waals surface area (Å²) in [5.74, 6) is -1.55. The summed E-state index contributed by atoms with van der Waals surface area (Å²) >= 11 is 0. The summed E-state index contributed by atoms with van der Waals surface area (Å²) in [5.41, 5.74) is 0.495. The predicted octanol–water partition coefficient (Wildman–Crippen LogP) is 1.64. The zero-order valence-corrected chi connectivity index (χ0v) is 15.3. The number of nitrogens with zero attached hydrogens (tertiary/aromatic N) is 2. The van der Waals surface area contributed by atoms with Crippen LogP contribution >= 0.6 is 0 Å². The third kappa shape index (κ3) is 4.00. The first-order valence-electron chi connectivity index (χ1n) is 8.52. The average Bonchev–Trinajstić information content (AvgIpc) is 3.52. The molecule has 4 N–H and O–H groups in total. The first-order valence-corrected chi connectivity index (χ1v) is 8.52. The molecule has 1 aromatic carbocycles. The number of para-hydroxylation sites is 1. The van der Waals surface area contributed by atoms with E-state index < -0.39 is 11.9 Å². The number of carboxylic acids is 1. The largest absolute Gasteiger partial charge is 0.494 e. The zero-order chi connectivity index (χ0) is 20.3. The first kappa shape index (κ1) is 19.1. The molecule has 1 saturated carbocycles. The van der Waals surface area contributed by atoms with Crippen molar-refractivity contribution >= 4 is 35.0 Å². The monoisotopic (exact) mass is 385 g/mol. The summed E-state index contributed by atoms with van der Waals surface area (Å²) in [6.45, 7) is 0. The van der Waals surface area contributed by atoms with Gasteiger partial charge in [0.2, 0.25) is 5.91 Å². The number of aromatic nitrogens is 2. The quantitative estimate of drug-likeness (QED) is 0.563. The lowest BCUT2D eigenvalue weighted by atomic mass is 10.1. The molecule has 0 bridgehead atoms. The number of methoxy groups -OCH3 is 1. The Bertz CT molecular complexity index is 942. The second-order valence-corrected chi connectivity index (χ2v) is 6.15. The van der Waals surface area contributed by atoms with Crippen molar-refractivity contribution in [1.82, 2.24) is 15.5 Å². The number of amides is 2. The van der Waals surface area contributed by atoms with Crippen LogP contribution in [0.25, 0.3) is 0 Å². The molecule has 10 nitrogen and oxygen atoms in total. The fraction of sp³-hybridized carbons (Fsp3) is 0.278. The van der Waals surface area contributed by atoms with Gasteiger partial charge in [0.25, 0.3) is 5.91 Å². The molecule has 1 aliphatic rings. The van der Waals surface area contributed by atoms with Crippen LogP contribution in [0.1, 0.15) is 33.7 Å². The molecule has 146 valence electrons. The van der Waals surface area contributed by atoms with Gasteiger partial charge >= 0.3 is 5.97 Å². The standard InChI is InChI=1S/C18H19N5O5/c1-19-17(25)14-12(8-13(22-23-14)21-16(24)9-6-7-9)20-11-5-3-4-10(18(26)27)15(11)28-2/h3-5,8-9H,6-7H2,1-2H3,(H,19,25)(H,26,27)(H2,20,21,22,24). The van der Waals surface area contributed by atoms with E-state index in [0.717, 1.165) is 12.8 Å². The highest BCUT2D eigenvalue weighted by atomic mass is 16.5. The highest BCUT2D eigenvalue weighted by Crippen LogP contribution is 2.33. The third-order valence-corrected chi connectivity index (χ3v) is 4.15. The van der Waals surface area contributed by atoms with Gasteiger partial charge in [-0.2, -0.15) is 0 Å². The maximum absolute atomic E-state index is 12.1. The van der Waals surface area contributed by atoms with E-state index in [0.29, 0.717) is 5.69 Å². The Labute approximate surface area is 160 Å². The molecule has 1 aliphatic carbocycles. The molecule has 1 heterocycles. The molecule has 0 aliphatic heterocycles. The maximum atomic E-state index is 12.1. The average molecular weight is 385 g/mol. The number of rotatable bonds is 7. The highest BCUT2D eigenvalue weighted by molar-refractivity contribution is 6.00. The van der Waals surface area contributed by atoms with Gasteiger partial charge in [-0.15, -0.1) is 10.2 Å². The molecule has 0 spiro atoms. The first-order chi connectivity index (χ1) is 13.4. The molecule has 28 heavy (non-hydrogen) atoms. The van der Waals surface area contributed by atoms with E-state index in [4.69, 9.17) is 4.74 Å². The smallest absolute Gasteiger partial charge is 0.339 e. The van der Waals surface area contributed by atoms with E-state index in [-0.39, 0.29) is 40.3 Å². The van der Waals surface area contributed by atoms with Gasteiger partial charge in [0.1, 0.15) is 5.56 Å². The molecule has 1 aromatic heterocycles. The highest BCUT2D eigenvalue weighted by Gasteiger charge is 2.30. The van der Waals surface area contributed by atoms with E-state index >= 15 is 0 Å². The number of nitrogens with one attached hydrogen (secondary N) is 3. The minimum absolute atomic E-state index is 0.0188. The normalized spacial score (nSPS) is 12.8. The predicted molar refractivity (Wildman–Crippen MR) is 100 cm³/mol. The molecule has 2 amide bonds. The molecule has 0 unspecified atom stereocenters. The molecule has 1 fully saturated rings. The molecule has 0 atom stereocenters. The van der Waals surface area contributed by atoms with Crippen molar-refractivity contribution < 1.29 is 24.2 Å². The summed E-state index contributed by atoms with van der Waals surface area (Å²) in [6, 6.07) is 6.00. The van der Waals surface area contributed by atoms with Gasteiger partial charge in [-0.1, -0.05) is 6.07 Å². The summed E-state index contributed by atoms with van der Waals surface area (Å²) in [7, 11) is 2.79. The number of anilines is 3. The molecule has 3 rings (SSSR count). The van der Waals surface area contributed by atoms with Crippen molar-refractivity contribution in [3.05, 3.63) is 35.5 Å². The van der Waals surface area contributed by atoms with Gasteiger partial charge in [-0.25, -0.2) is 4.79 Å². The van der Waals surface area contributed by atoms with Crippen LogP contribution in [0.4, 0.5) is 17.2 Å². The lowest BCUT2D eigenvalue weighted by Crippen LogP contribution is -2.22. The van der Waals surface area contributed by atoms with Gasteiger partial charge in [0.15, 0.2) is 17.3 Å². The van der Waals surface area contributed by atoms with Crippen molar-refractivity contribution in [2.45, 2.75) is 12.8 Å². The number of carbonyl (C=O) groups is 3. The van der Waals surface area contributed by atoms with Crippen molar-refractivity contribution in [2.24, 2.45) is 5.92 Å². The summed E-state index contributed by atoms with van der Waals surface area (Å²) in [5, 5.41) is 25.2. The van der Waals surface area contributed by atoms with E-state index in [1.54, 1.807) is 6.07 Å². The van der Waals surface area contributed by atoms with Crippen molar-refractivity contribution in [1.29, 1.82) is 0 Å². The van der Waals surface area contributed by atoms with Crippen LogP contribution < -0.4 is 20.7 Å². The second-order valence-electron chi connectivity index (χ2n) is 6.15. The van der Waals surface area contributed by atoms with Crippen LogP contribution in [0.3, 0.4) is 0 Å². The number of ether oxygens (including phenoxy) is 1. The summed E-state index contributed by atoms with van der Waals surface area (Å²) in [4.78, 5) is 35.5. The van der Waals surface area contributed by atoms with Gasteiger partial charge in [0, 0.05) is 19.0 Å². The molecule has 2 aromatic rings. The van der Waals surface area contributed by atoms with Crippen LogP contribution in [0.15, 0.2) is 24.3 Å². The molecule has 10 heteroatoms. The van der Waals surface area contributed by atoms with E-state index in [1.807, 2.05) is 0 Å². The summed E-state index contributed by atoms with van der Waals surface area (Å²) < 4.78 is 5.22. The number of benzene rings is 1. The number of hydrogen-bond acceptors (Lipinski definition) is 7. The lowest BCUT2D eigenvalue weighted by molar-refractivity contribution is -0.117. The van der Waals surface area contributed by atoms with Crippen LogP contribution in [0, 0.1) is 5.92 Å².